The number of amides is 1. The molecule has 0 bridgehead atoms. The molecule has 1 aliphatic rings. The second-order valence-corrected chi connectivity index (χ2v) is 5.44. The maximum absolute atomic E-state index is 11.9. The quantitative estimate of drug-likeness (QED) is 0.440. The SMILES string of the molecule is COCCCC(=O)NC1(C(N)=S)CCCCCC1. The molecular weight excluding hydrogens is 248 g/mol. The fourth-order valence-corrected chi connectivity index (χ4v) is 2.73. The van der Waals surface area contributed by atoms with E-state index in [-0.39, 0.29) is 5.91 Å². The molecule has 0 spiro atoms. The minimum absolute atomic E-state index is 0.0294. The van der Waals surface area contributed by atoms with Crippen molar-refractivity contribution in [3.05, 3.63) is 0 Å². The zero-order valence-electron chi connectivity index (χ0n) is 11.2. The zero-order chi connectivity index (χ0) is 13.4. The molecule has 104 valence electrons. The number of carbonyl (C=O) groups is 1. The van der Waals surface area contributed by atoms with Gasteiger partial charge in [0.05, 0.1) is 10.5 Å². The van der Waals surface area contributed by atoms with Crippen LogP contribution in [0, 0.1) is 0 Å². The van der Waals surface area contributed by atoms with Gasteiger partial charge in [0.25, 0.3) is 0 Å². The number of hydrogen-bond acceptors (Lipinski definition) is 3. The molecule has 0 aromatic heterocycles. The Labute approximate surface area is 115 Å². The minimum Gasteiger partial charge on any atom is -0.391 e. The third kappa shape index (κ3) is 4.53. The van der Waals surface area contributed by atoms with Gasteiger partial charge in [0.2, 0.25) is 5.91 Å². The maximum atomic E-state index is 11.9. The molecule has 1 fully saturated rings. The third-order valence-corrected chi connectivity index (χ3v) is 3.95. The van der Waals surface area contributed by atoms with Crippen LogP contribution in [-0.4, -0.2) is 30.2 Å². The Morgan fingerprint density at radius 3 is 2.44 bits per heavy atom. The van der Waals surface area contributed by atoms with Gasteiger partial charge >= 0.3 is 0 Å². The topological polar surface area (TPSA) is 64.3 Å². The molecule has 0 radical (unpaired) electrons. The first kappa shape index (κ1) is 15.4. The number of ether oxygens (including phenoxy) is 1. The second kappa shape index (κ2) is 7.69. The van der Waals surface area contributed by atoms with Gasteiger partial charge in [0.1, 0.15) is 0 Å². The van der Waals surface area contributed by atoms with Crippen molar-refractivity contribution < 1.29 is 9.53 Å². The lowest BCUT2D eigenvalue weighted by Gasteiger charge is -2.33. The van der Waals surface area contributed by atoms with Gasteiger partial charge in [-0.1, -0.05) is 37.9 Å². The van der Waals surface area contributed by atoms with Crippen LogP contribution in [0.15, 0.2) is 0 Å². The van der Waals surface area contributed by atoms with Gasteiger partial charge in [-0.05, 0) is 19.3 Å². The lowest BCUT2D eigenvalue weighted by Crippen LogP contribution is -2.56. The van der Waals surface area contributed by atoms with Gasteiger partial charge < -0.3 is 15.8 Å². The van der Waals surface area contributed by atoms with E-state index < -0.39 is 5.54 Å². The standard InChI is InChI=1S/C13H24N2O2S/c1-17-10-6-7-11(16)15-13(12(14)18)8-4-2-3-5-9-13/h2-10H2,1H3,(H2,14,18)(H,15,16). The molecule has 1 rings (SSSR count). The Balaban J connectivity index is 2.55. The van der Waals surface area contributed by atoms with Crippen LogP contribution in [0.3, 0.4) is 0 Å². The lowest BCUT2D eigenvalue weighted by molar-refractivity contribution is -0.122. The van der Waals surface area contributed by atoms with Gasteiger partial charge in [-0.15, -0.1) is 0 Å². The largest absolute Gasteiger partial charge is 0.391 e. The number of carbonyl (C=O) groups excluding carboxylic acids is 1. The van der Waals surface area contributed by atoms with Crippen LogP contribution >= 0.6 is 12.2 Å². The van der Waals surface area contributed by atoms with Gasteiger partial charge in [-0.2, -0.15) is 0 Å². The molecule has 1 saturated carbocycles. The van der Waals surface area contributed by atoms with Crippen molar-refractivity contribution in [3.63, 3.8) is 0 Å². The van der Waals surface area contributed by atoms with E-state index in [0.717, 1.165) is 32.1 Å². The highest BCUT2D eigenvalue weighted by Gasteiger charge is 2.35. The number of rotatable bonds is 6. The molecule has 0 heterocycles. The number of nitrogens with two attached hydrogens (primary N) is 1. The van der Waals surface area contributed by atoms with Gasteiger partial charge in [0, 0.05) is 20.1 Å². The summed E-state index contributed by atoms with van der Waals surface area (Å²) in [6.07, 6.45) is 7.50. The van der Waals surface area contributed by atoms with E-state index in [1.54, 1.807) is 7.11 Å². The molecule has 5 heteroatoms. The highest BCUT2D eigenvalue weighted by molar-refractivity contribution is 7.80. The van der Waals surface area contributed by atoms with Crippen LogP contribution in [0.2, 0.25) is 0 Å². The smallest absolute Gasteiger partial charge is 0.220 e. The molecule has 1 amide bonds. The van der Waals surface area contributed by atoms with Crippen LogP contribution in [0.4, 0.5) is 0 Å². The molecule has 0 unspecified atom stereocenters. The first-order valence-electron chi connectivity index (χ1n) is 6.70. The molecule has 0 aliphatic heterocycles. The molecule has 0 saturated heterocycles. The number of hydrogen-bond donors (Lipinski definition) is 2. The van der Waals surface area contributed by atoms with Crippen molar-refractivity contribution in [3.8, 4) is 0 Å². The number of thiocarbonyl (C=S) groups is 1. The van der Waals surface area contributed by atoms with Gasteiger partial charge in [-0.3, -0.25) is 4.79 Å². The van der Waals surface area contributed by atoms with E-state index in [1.165, 1.54) is 12.8 Å². The lowest BCUT2D eigenvalue weighted by atomic mass is 9.89. The molecule has 1 aliphatic carbocycles. The Bertz CT molecular complexity index is 287. The summed E-state index contributed by atoms with van der Waals surface area (Å²) in [5.41, 5.74) is 5.42. The van der Waals surface area contributed by atoms with E-state index in [1.807, 2.05) is 0 Å². The highest BCUT2D eigenvalue weighted by Crippen LogP contribution is 2.27. The minimum atomic E-state index is -0.448. The molecule has 0 aromatic carbocycles. The Morgan fingerprint density at radius 2 is 1.94 bits per heavy atom. The van der Waals surface area contributed by atoms with E-state index >= 15 is 0 Å². The molecule has 3 N–H and O–H groups in total. The van der Waals surface area contributed by atoms with Crippen LogP contribution in [-0.2, 0) is 9.53 Å². The predicted molar refractivity (Wildman–Crippen MR) is 76.5 cm³/mol. The number of nitrogens with one attached hydrogen (secondary N) is 1. The van der Waals surface area contributed by atoms with Crippen LogP contribution < -0.4 is 11.1 Å². The summed E-state index contributed by atoms with van der Waals surface area (Å²) in [6.45, 7) is 0.605. The van der Waals surface area contributed by atoms with Crippen molar-refractivity contribution in [2.24, 2.45) is 5.73 Å². The van der Waals surface area contributed by atoms with E-state index in [4.69, 9.17) is 22.7 Å². The fraction of sp³-hybridized carbons (Fsp3) is 0.846. The van der Waals surface area contributed by atoms with Crippen molar-refractivity contribution >= 4 is 23.1 Å². The maximum Gasteiger partial charge on any atom is 0.220 e. The van der Waals surface area contributed by atoms with Crippen molar-refractivity contribution in [1.29, 1.82) is 0 Å². The fourth-order valence-electron chi connectivity index (χ4n) is 2.47. The van der Waals surface area contributed by atoms with Gasteiger partial charge in [-0.25, -0.2) is 0 Å². The molecule has 0 atom stereocenters. The average molecular weight is 272 g/mol. The molecule has 4 nitrogen and oxygen atoms in total. The summed E-state index contributed by atoms with van der Waals surface area (Å²) >= 11 is 5.18. The monoisotopic (exact) mass is 272 g/mol. The van der Waals surface area contributed by atoms with Crippen LogP contribution in [0.5, 0.6) is 0 Å². The predicted octanol–water partition coefficient (Wildman–Crippen LogP) is 1.91. The van der Waals surface area contributed by atoms with Gasteiger partial charge in [0.15, 0.2) is 0 Å². The first-order chi connectivity index (χ1) is 8.60. The average Bonchev–Trinajstić information content (AvgIpc) is 2.56. The Kier molecular flexibility index (Phi) is 6.57. The molecule has 18 heavy (non-hydrogen) atoms. The second-order valence-electron chi connectivity index (χ2n) is 5.01. The summed E-state index contributed by atoms with van der Waals surface area (Å²) in [6, 6.07) is 0. The van der Waals surface area contributed by atoms with E-state index in [2.05, 4.69) is 5.32 Å². The highest BCUT2D eigenvalue weighted by atomic mass is 32.1. The summed E-state index contributed by atoms with van der Waals surface area (Å²) in [7, 11) is 1.64. The molecular formula is C13H24N2O2S. The van der Waals surface area contributed by atoms with Crippen molar-refractivity contribution in [1.82, 2.24) is 5.32 Å². The van der Waals surface area contributed by atoms with E-state index in [0.29, 0.717) is 18.0 Å². The summed E-state index contributed by atoms with van der Waals surface area (Å²) in [5, 5.41) is 3.07. The van der Waals surface area contributed by atoms with E-state index in [9.17, 15) is 4.79 Å². The Hall–Kier alpha value is -0.680. The number of methoxy groups -OCH3 is 1. The summed E-state index contributed by atoms with van der Waals surface area (Å²) in [5.74, 6) is 0.0294. The van der Waals surface area contributed by atoms with Crippen molar-refractivity contribution in [2.75, 3.05) is 13.7 Å². The normalized spacial score (nSPS) is 18.9. The van der Waals surface area contributed by atoms with Crippen LogP contribution in [0.25, 0.3) is 0 Å². The Morgan fingerprint density at radius 1 is 1.33 bits per heavy atom. The van der Waals surface area contributed by atoms with Crippen LogP contribution in [0.1, 0.15) is 51.4 Å². The zero-order valence-corrected chi connectivity index (χ0v) is 12.0. The van der Waals surface area contributed by atoms with Crippen molar-refractivity contribution in [2.45, 2.75) is 56.9 Å². The molecule has 0 aromatic rings. The summed E-state index contributed by atoms with van der Waals surface area (Å²) < 4.78 is 4.94. The first-order valence-corrected chi connectivity index (χ1v) is 7.11. The third-order valence-electron chi connectivity index (χ3n) is 3.56. The summed E-state index contributed by atoms with van der Waals surface area (Å²) in [4.78, 5) is 12.4.